The van der Waals surface area contributed by atoms with Crippen molar-refractivity contribution in [1.29, 1.82) is 0 Å². The number of hydrogen-bond acceptors (Lipinski definition) is 3. The van der Waals surface area contributed by atoms with Crippen LogP contribution in [0.3, 0.4) is 0 Å². The third kappa shape index (κ3) is 12.8. The van der Waals surface area contributed by atoms with Crippen molar-refractivity contribution in [2.45, 2.75) is 87.8 Å². The number of rotatable bonds is 16. The molecular formula is C26H36Br2O3. The highest BCUT2D eigenvalue weighted by molar-refractivity contribution is 9.09. The van der Waals surface area contributed by atoms with Gasteiger partial charge in [-0.25, -0.2) is 0 Å². The van der Waals surface area contributed by atoms with Crippen LogP contribution >= 0.6 is 31.9 Å². The normalized spacial score (nSPS) is 15.4. The molecule has 2 aromatic carbocycles. The van der Waals surface area contributed by atoms with Crippen LogP contribution < -0.4 is 0 Å². The molecule has 0 fully saturated rings. The van der Waals surface area contributed by atoms with Gasteiger partial charge in [-0.3, -0.25) is 0 Å². The average Bonchev–Trinajstić information content (AvgIpc) is 2.76. The highest BCUT2D eigenvalue weighted by atomic mass is 79.9. The van der Waals surface area contributed by atoms with Gasteiger partial charge in [0.15, 0.2) is 12.6 Å². The third-order valence-electron chi connectivity index (χ3n) is 4.94. The van der Waals surface area contributed by atoms with Crippen molar-refractivity contribution >= 4 is 31.9 Å². The molecule has 0 spiro atoms. The van der Waals surface area contributed by atoms with Gasteiger partial charge in [0.2, 0.25) is 0 Å². The van der Waals surface area contributed by atoms with Crippen LogP contribution in [0.15, 0.2) is 60.7 Å². The number of alkyl halides is 2. The summed E-state index contributed by atoms with van der Waals surface area (Å²) in [5.74, 6) is 0. The first-order valence-corrected chi connectivity index (χ1v) is 13.1. The van der Waals surface area contributed by atoms with Gasteiger partial charge in [0, 0.05) is 9.65 Å². The van der Waals surface area contributed by atoms with E-state index in [1.165, 1.54) is 0 Å². The highest BCUT2D eigenvalue weighted by Gasteiger charge is 2.19. The number of halogens is 2. The van der Waals surface area contributed by atoms with Gasteiger partial charge >= 0.3 is 0 Å². The van der Waals surface area contributed by atoms with E-state index in [0.29, 0.717) is 22.9 Å². The van der Waals surface area contributed by atoms with E-state index in [2.05, 4.69) is 70.0 Å². The van der Waals surface area contributed by atoms with Crippen molar-refractivity contribution in [2.24, 2.45) is 0 Å². The fraction of sp³-hybridized carbons (Fsp3) is 0.538. The standard InChI is InChI=1S/C26H36Br2O3/c1-21(27)11-9-17-25(29-19-23-13-5-3-6-14-23)31-26(18-10-12-22(2)28)30-20-24-15-7-4-8-16-24/h3-8,13-16,21-22,25-26H,9-12,17-20H2,1-2H3. The molecule has 0 aliphatic heterocycles. The Hall–Kier alpha value is -0.720. The Morgan fingerprint density at radius 3 is 1.35 bits per heavy atom. The second-order valence-corrected chi connectivity index (χ2v) is 11.1. The molecule has 4 unspecified atom stereocenters. The Bertz CT molecular complexity index is 620. The molecule has 0 aliphatic carbocycles. The first kappa shape index (κ1) is 26.5. The smallest absolute Gasteiger partial charge is 0.161 e. The maximum Gasteiger partial charge on any atom is 0.161 e. The number of ether oxygens (including phenoxy) is 3. The van der Waals surface area contributed by atoms with E-state index in [1.54, 1.807) is 0 Å². The van der Waals surface area contributed by atoms with Gasteiger partial charge in [0.25, 0.3) is 0 Å². The molecule has 0 heterocycles. The molecule has 31 heavy (non-hydrogen) atoms. The molecule has 0 N–H and O–H groups in total. The van der Waals surface area contributed by atoms with E-state index in [-0.39, 0.29) is 12.6 Å². The van der Waals surface area contributed by atoms with E-state index in [4.69, 9.17) is 14.2 Å². The van der Waals surface area contributed by atoms with Crippen molar-refractivity contribution in [3.05, 3.63) is 71.8 Å². The molecule has 172 valence electrons. The van der Waals surface area contributed by atoms with Crippen LogP contribution in [0.5, 0.6) is 0 Å². The van der Waals surface area contributed by atoms with Gasteiger partial charge in [0.1, 0.15) is 0 Å². The van der Waals surface area contributed by atoms with E-state index >= 15 is 0 Å². The van der Waals surface area contributed by atoms with Crippen molar-refractivity contribution in [3.8, 4) is 0 Å². The molecule has 0 aliphatic rings. The molecule has 0 saturated carbocycles. The Balaban J connectivity index is 1.96. The lowest BCUT2D eigenvalue weighted by Gasteiger charge is -2.26. The minimum absolute atomic E-state index is 0.284. The van der Waals surface area contributed by atoms with Crippen molar-refractivity contribution in [3.63, 3.8) is 0 Å². The van der Waals surface area contributed by atoms with Gasteiger partial charge < -0.3 is 14.2 Å². The van der Waals surface area contributed by atoms with Crippen molar-refractivity contribution < 1.29 is 14.2 Å². The maximum atomic E-state index is 6.38. The van der Waals surface area contributed by atoms with Gasteiger partial charge in [-0.15, -0.1) is 0 Å². The van der Waals surface area contributed by atoms with Gasteiger partial charge in [-0.05, 0) is 49.7 Å². The van der Waals surface area contributed by atoms with E-state index < -0.39 is 0 Å². The molecule has 4 atom stereocenters. The van der Waals surface area contributed by atoms with Crippen LogP contribution in [0, 0.1) is 0 Å². The first-order valence-electron chi connectivity index (χ1n) is 11.3. The summed E-state index contributed by atoms with van der Waals surface area (Å²) in [6.07, 6.45) is 5.38. The second kappa shape index (κ2) is 16.0. The van der Waals surface area contributed by atoms with Gasteiger partial charge in [-0.2, -0.15) is 0 Å². The van der Waals surface area contributed by atoms with Crippen molar-refractivity contribution in [1.82, 2.24) is 0 Å². The zero-order chi connectivity index (χ0) is 22.3. The SMILES string of the molecule is CC(Br)CCCC(OCc1ccccc1)OC(CCCC(C)Br)OCc1ccccc1. The lowest BCUT2D eigenvalue weighted by molar-refractivity contribution is -0.256. The quantitative estimate of drug-likeness (QED) is 0.155. The predicted octanol–water partition coefficient (Wildman–Crippen LogP) is 8.00. The first-order chi connectivity index (χ1) is 15.0. The molecule has 0 aromatic heterocycles. The fourth-order valence-corrected chi connectivity index (χ4v) is 3.86. The zero-order valence-electron chi connectivity index (χ0n) is 18.7. The molecule has 2 aromatic rings. The lowest BCUT2D eigenvalue weighted by Crippen LogP contribution is -2.27. The topological polar surface area (TPSA) is 27.7 Å². The van der Waals surface area contributed by atoms with Crippen LogP contribution in [0.1, 0.15) is 63.5 Å². The molecule has 0 bridgehead atoms. The third-order valence-corrected chi connectivity index (χ3v) is 5.86. The van der Waals surface area contributed by atoms with Crippen LogP contribution in [0.2, 0.25) is 0 Å². The number of benzene rings is 2. The summed E-state index contributed by atoms with van der Waals surface area (Å²) in [4.78, 5) is 0.987. The van der Waals surface area contributed by atoms with Crippen LogP contribution in [0.25, 0.3) is 0 Å². The largest absolute Gasteiger partial charge is 0.348 e. The average molecular weight is 556 g/mol. The molecule has 0 radical (unpaired) electrons. The highest BCUT2D eigenvalue weighted by Crippen LogP contribution is 2.20. The Morgan fingerprint density at radius 2 is 1.00 bits per heavy atom. The van der Waals surface area contributed by atoms with Crippen molar-refractivity contribution in [2.75, 3.05) is 0 Å². The summed E-state index contributed by atoms with van der Waals surface area (Å²) >= 11 is 7.28. The summed E-state index contributed by atoms with van der Waals surface area (Å²) in [7, 11) is 0. The Labute approximate surface area is 205 Å². The molecule has 3 nitrogen and oxygen atoms in total. The second-order valence-electron chi connectivity index (χ2n) is 8.01. The minimum Gasteiger partial charge on any atom is -0.348 e. The fourth-order valence-electron chi connectivity index (χ4n) is 3.21. The summed E-state index contributed by atoms with van der Waals surface area (Å²) in [5, 5.41) is 0. The predicted molar refractivity (Wildman–Crippen MR) is 136 cm³/mol. The molecule has 0 amide bonds. The Kier molecular flexibility index (Phi) is 13.7. The molecule has 2 rings (SSSR count). The maximum absolute atomic E-state index is 6.38. The van der Waals surface area contributed by atoms with Crippen LogP contribution in [0.4, 0.5) is 0 Å². The monoisotopic (exact) mass is 554 g/mol. The van der Waals surface area contributed by atoms with Gasteiger partial charge in [0.05, 0.1) is 13.2 Å². The molecular weight excluding hydrogens is 520 g/mol. The van der Waals surface area contributed by atoms with Gasteiger partial charge in [-0.1, -0.05) is 106 Å². The Morgan fingerprint density at radius 1 is 0.613 bits per heavy atom. The zero-order valence-corrected chi connectivity index (χ0v) is 21.9. The number of hydrogen-bond donors (Lipinski definition) is 0. The summed E-state index contributed by atoms with van der Waals surface area (Å²) in [5.41, 5.74) is 2.31. The van der Waals surface area contributed by atoms with Crippen LogP contribution in [-0.4, -0.2) is 22.2 Å². The summed E-state index contributed by atoms with van der Waals surface area (Å²) < 4.78 is 18.8. The van der Waals surface area contributed by atoms with Crippen LogP contribution in [-0.2, 0) is 27.4 Å². The molecule has 5 heteroatoms. The summed E-state index contributed by atoms with van der Waals surface area (Å²) in [6.45, 7) is 5.43. The lowest BCUT2D eigenvalue weighted by atomic mass is 10.2. The van der Waals surface area contributed by atoms with E-state index in [9.17, 15) is 0 Å². The van der Waals surface area contributed by atoms with E-state index in [1.807, 2.05) is 36.4 Å². The minimum atomic E-state index is -0.284. The molecule has 0 saturated heterocycles. The van der Waals surface area contributed by atoms with E-state index in [0.717, 1.165) is 49.7 Å². The summed E-state index contributed by atoms with van der Waals surface area (Å²) in [6, 6.07) is 20.5.